The summed E-state index contributed by atoms with van der Waals surface area (Å²) in [5.74, 6) is -0.785. The molecule has 28 heavy (non-hydrogen) atoms. The van der Waals surface area contributed by atoms with E-state index >= 15 is 0 Å². The summed E-state index contributed by atoms with van der Waals surface area (Å²) in [5, 5.41) is 0. The third kappa shape index (κ3) is 3.64. The highest BCUT2D eigenvalue weighted by molar-refractivity contribution is 6.22. The molecule has 1 unspecified atom stereocenters. The standard InChI is InChI=1S/C20H23ClFN3O3/c1-5-17(26)25-8-9-28-18(12(25)2)13-10-15(24(3)16(21)11-13)14-6-7-23-20(22)19(14)27-4/h5-7,10-12,16,18H,1,8-9H2,2-4H3/t12-,16?,18+/m1/s1. The van der Waals surface area contributed by atoms with Crippen molar-refractivity contribution < 1.29 is 18.7 Å². The fourth-order valence-corrected chi connectivity index (χ4v) is 3.81. The third-order valence-corrected chi connectivity index (χ3v) is 5.49. The van der Waals surface area contributed by atoms with Crippen LogP contribution in [0.2, 0.25) is 0 Å². The van der Waals surface area contributed by atoms with Crippen molar-refractivity contribution in [3.05, 3.63) is 54.2 Å². The maximum atomic E-state index is 14.1. The zero-order valence-electron chi connectivity index (χ0n) is 16.1. The highest BCUT2D eigenvalue weighted by atomic mass is 35.5. The quantitative estimate of drug-likeness (QED) is 0.332. The van der Waals surface area contributed by atoms with Gasteiger partial charge in [0.1, 0.15) is 11.6 Å². The largest absolute Gasteiger partial charge is 0.491 e. The predicted molar refractivity (Wildman–Crippen MR) is 105 cm³/mol. The van der Waals surface area contributed by atoms with Crippen LogP contribution < -0.4 is 4.74 Å². The topological polar surface area (TPSA) is 54.9 Å². The van der Waals surface area contributed by atoms with E-state index in [2.05, 4.69) is 11.6 Å². The van der Waals surface area contributed by atoms with Crippen molar-refractivity contribution in [2.75, 3.05) is 27.3 Å². The number of alkyl halides is 1. The summed E-state index contributed by atoms with van der Waals surface area (Å²) >= 11 is 6.54. The van der Waals surface area contributed by atoms with Crippen LogP contribution in [-0.2, 0) is 9.53 Å². The van der Waals surface area contributed by atoms with Crippen LogP contribution in [0.4, 0.5) is 4.39 Å². The van der Waals surface area contributed by atoms with Gasteiger partial charge in [0.25, 0.3) is 5.95 Å². The highest BCUT2D eigenvalue weighted by Gasteiger charge is 2.35. The van der Waals surface area contributed by atoms with Gasteiger partial charge in [0.05, 0.1) is 19.8 Å². The van der Waals surface area contributed by atoms with E-state index in [1.807, 2.05) is 31.0 Å². The molecule has 1 amide bonds. The van der Waals surface area contributed by atoms with E-state index in [0.29, 0.717) is 24.4 Å². The van der Waals surface area contributed by atoms with Crippen molar-refractivity contribution in [2.24, 2.45) is 0 Å². The van der Waals surface area contributed by atoms with Crippen LogP contribution in [-0.4, -0.2) is 65.6 Å². The minimum absolute atomic E-state index is 0.0480. The summed E-state index contributed by atoms with van der Waals surface area (Å²) in [7, 11) is 3.21. The molecule has 3 heterocycles. The average molecular weight is 408 g/mol. The Morgan fingerprint density at radius 3 is 2.96 bits per heavy atom. The number of rotatable bonds is 4. The lowest BCUT2D eigenvalue weighted by Crippen LogP contribution is -2.52. The number of amides is 1. The van der Waals surface area contributed by atoms with Gasteiger partial charge in [-0.15, -0.1) is 0 Å². The summed E-state index contributed by atoms with van der Waals surface area (Å²) < 4.78 is 25.3. The van der Waals surface area contributed by atoms with Gasteiger partial charge < -0.3 is 19.3 Å². The van der Waals surface area contributed by atoms with E-state index < -0.39 is 11.4 Å². The predicted octanol–water partition coefficient (Wildman–Crippen LogP) is 2.81. The van der Waals surface area contributed by atoms with E-state index in [4.69, 9.17) is 21.1 Å². The summed E-state index contributed by atoms with van der Waals surface area (Å²) in [4.78, 5) is 19.3. The molecule has 0 bridgehead atoms. The summed E-state index contributed by atoms with van der Waals surface area (Å²) in [6.45, 7) is 6.40. The van der Waals surface area contributed by atoms with E-state index in [0.717, 1.165) is 5.57 Å². The van der Waals surface area contributed by atoms with Gasteiger partial charge in [0.2, 0.25) is 5.91 Å². The molecular formula is C20H23ClFN3O3. The molecule has 0 N–H and O–H groups in total. The first-order chi connectivity index (χ1) is 13.4. The molecule has 0 aromatic carbocycles. The Morgan fingerprint density at radius 1 is 1.54 bits per heavy atom. The Hall–Kier alpha value is -2.38. The number of morpholine rings is 1. The molecule has 3 rings (SSSR count). The van der Waals surface area contributed by atoms with Crippen molar-refractivity contribution in [1.29, 1.82) is 0 Å². The number of likely N-dealkylation sites (N-methyl/N-ethyl adjacent to an activating group) is 1. The zero-order chi connectivity index (χ0) is 20.4. The molecule has 0 aliphatic carbocycles. The molecule has 3 atom stereocenters. The van der Waals surface area contributed by atoms with Crippen molar-refractivity contribution >= 4 is 23.2 Å². The van der Waals surface area contributed by atoms with Gasteiger partial charge in [-0.2, -0.15) is 4.39 Å². The van der Waals surface area contributed by atoms with Crippen molar-refractivity contribution in [3.8, 4) is 5.75 Å². The number of carbonyl (C=O) groups excluding carboxylic acids is 1. The van der Waals surface area contributed by atoms with Crippen LogP contribution in [0.25, 0.3) is 5.70 Å². The van der Waals surface area contributed by atoms with Crippen LogP contribution in [0.1, 0.15) is 12.5 Å². The number of carbonyl (C=O) groups is 1. The van der Waals surface area contributed by atoms with Crippen LogP contribution in [0.3, 0.4) is 0 Å². The molecule has 2 aliphatic heterocycles. The molecule has 150 valence electrons. The normalized spacial score (nSPS) is 25.1. The summed E-state index contributed by atoms with van der Waals surface area (Å²) in [6.07, 6.45) is 6.09. The van der Waals surface area contributed by atoms with Crippen molar-refractivity contribution in [1.82, 2.24) is 14.8 Å². The maximum absolute atomic E-state index is 14.1. The van der Waals surface area contributed by atoms with Crippen molar-refractivity contribution in [3.63, 3.8) is 0 Å². The first-order valence-corrected chi connectivity index (χ1v) is 9.36. The number of ether oxygens (including phenoxy) is 2. The molecule has 2 aliphatic rings. The Balaban J connectivity index is 2.01. The molecule has 1 aromatic rings. The third-order valence-electron chi connectivity index (χ3n) is 5.07. The first kappa shape index (κ1) is 20.4. The minimum Gasteiger partial charge on any atom is -0.491 e. The molecular weight excluding hydrogens is 385 g/mol. The molecule has 6 nitrogen and oxygen atoms in total. The first-order valence-electron chi connectivity index (χ1n) is 8.92. The Kier molecular flexibility index (Phi) is 6.05. The number of methoxy groups -OCH3 is 1. The Morgan fingerprint density at radius 2 is 2.29 bits per heavy atom. The highest BCUT2D eigenvalue weighted by Crippen LogP contribution is 2.36. The van der Waals surface area contributed by atoms with E-state index in [1.165, 1.54) is 19.4 Å². The molecule has 1 aromatic heterocycles. The van der Waals surface area contributed by atoms with Gasteiger partial charge in [-0.25, -0.2) is 4.98 Å². The number of hydrogen-bond donors (Lipinski definition) is 0. The Bertz CT molecular complexity index is 842. The monoisotopic (exact) mass is 407 g/mol. The van der Waals surface area contributed by atoms with E-state index in [9.17, 15) is 9.18 Å². The second kappa shape index (κ2) is 8.32. The number of nitrogens with zero attached hydrogens (tertiary/aromatic N) is 3. The van der Waals surface area contributed by atoms with Crippen LogP contribution in [0, 0.1) is 5.95 Å². The second-order valence-corrected chi connectivity index (χ2v) is 7.08. The minimum atomic E-state index is -0.693. The lowest BCUT2D eigenvalue weighted by molar-refractivity contribution is -0.137. The number of aromatic nitrogens is 1. The smallest absolute Gasteiger partial charge is 0.255 e. The molecule has 1 fully saturated rings. The lowest BCUT2D eigenvalue weighted by Gasteiger charge is -2.41. The van der Waals surface area contributed by atoms with Crippen LogP contribution in [0.15, 0.2) is 42.6 Å². The average Bonchev–Trinajstić information content (AvgIpc) is 2.69. The van der Waals surface area contributed by atoms with E-state index in [-0.39, 0.29) is 23.8 Å². The fraction of sp³-hybridized carbons (Fsp3) is 0.400. The van der Waals surface area contributed by atoms with Gasteiger partial charge in [-0.05, 0) is 36.8 Å². The van der Waals surface area contributed by atoms with Gasteiger partial charge in [-0.1, -0.05) is 18.2 Å². The van der Waals surface area contributed by atoms with Crippen LogP contribution in [0.5, 0.6) is 5.75 Å². The fourth-order valence-electron chi connectivity index (χ4n) is 3.56. The second-order valence-electron chi connectivity index (χ2n) is 6.63. The Labute approximate surface area is 168 Å². The lowest BCUT2D eigenvalue weighted by atomic mass is 9.95. The molecule has 0 spiro atoms. The molecule has 0 radical (unpaired) electrons. The van der Waals surface area contributed by atoms with Gasteiger partial charge in [0.15, 0.2) is 5.75 Å². The summed E-state index contributed by atoms with van der Waals surface area (Å²) in [6, 6.07) is 1.47. The number of halogens is 2. The SMILES string of the molecule is C=CC(=O)N1CCO[C@H](C2=CC(Cl)N(C)C(c3ccnc(F)c3OC)=C2)[C@H]1C. The van der Waals surface area contributed by atoms with Gasteiger partial charge in [0, 0.05) is 31.0 Å². The molecule has 1 saturated heterocycles. The van der Waals surface area contributed by atoms with Crippen molar-refractivity contribution in [2.45, 2.75) is 24.6 Å². The number of pyridine rings is 1. The molecule has 0 saturated carbocycles. The van der Waals surface area contributed by atoms with Crippen LogP contribution >= 0.6 is 11.6 Å². The number of hydrogen-bond acceptors (Lipinski definition) is 5. The zero-order valence-corrected chi connectivity index (χ0v) is 16.8. The summed E-state index contributed by atoms with van der Waals surface area (Å²) in [5.41, 5.74) is 1.56. The maximum Gasteiger partial charge on any atom is 0.255 e. The van der Waals surface area contributed by atoms with E-state index in [1.54, 1.807) is 11.0 Å². The molecule has 8 heteroatoms. The van der Waals surface area contributed by atoms with Gasteiger partial charge in [-0.3, -0.25) is 4.79 Å². The van der Waals surface area contributed by atoms with Gasteiger partial charge >= 0.3 is 0 Å².